The number of thiocarbonyl (C=S) groups is 1. The van der Waals surface area contributed by atoms with Crippen LogP contribution in [0.25, 0.3) is 6.08 Å². The lowest BCUT2D eigenvalue weighted by molar-refractivity contribution is -0.145. The highest BCUT2D eigenvalue weighted by molar-refractivity contribution is 8.26. The molecule has 3 rings (SSSR count). The molecule has 0 saturated carbocycles. The molecule has 1 aliphatic rings. The van der Waals surface area contributed by atoms with Gasteiger partial charge in [-0.1, -0.05) is 96.8 Å². The van der Waals surface area contributed by atoms with Crippen molar-refractivity contribution in [2.24, 2.45) is 0 Å². The molecule has 26 heavy (non-hydrogen) atoms. The van der Waals surface area contributed by atoms with Crippen molar-refractivity contribution in [1.82, 2.24) is 4.90 Å². The van der Waals surface area contributed by atoms with Crippen molar-refractivity contribution >= 4 is 46.3 Å². The second kappa shape index (κ2) is 8.12. The van der Waals surface area contributed by atoms with Crippen LogP contribution in [0.3, 0.4) is 0 Å². The van der Waals surface area contributed by atoms with Crippen LogP contribution in [-0.2, 0) is 9.59 Å². The van der Waals surface area contributed by atoms with Crippen molar-refractivity contribution in [3.05, 3.63) is 88.8 Å². The van der Waals surface area contributed by atoms with E-state index in [0.29, 0.717) is 10.5 Å². The quantitative estimate of drug-likeness (QED) is 0.619. The second-order valence-electron chi connectivity index (χ2n) is 5.50. The van der Waals surface area contributed by atoms with E-state index in [0.717, 1.165) is 17.3 Å². The van der Waals surface area contributed by atoms with Crippen LogP contribution in [0.1, 0.15) is 17.2 Å². The first kappa shape index (κ1) is 18.1. The molecule has 1 atom stereocenters. The van der Waals surface area contributed by atoms with Gasteiger partial charge < -0.3 is 5.11 Å². The van der Waals surface area contributed by atoms with E-state index in [1.165, 1.54) is 4.90 Å². The summed E-state index contributed by atoms with van der Waals surface area (Å²) in [6.45, 7) is 0. The molecule has 0 aromatic heterocycles. The molecular weight excluding hydrogens is 366 g/mol. The number of amides is 1. The maximum Gasteiger partial charge on any atom is 0.331 e. The molecule has 0 spiro atoms. The Labute approximate surface area is 160 Å². The van der Waals surface area contributed by atoms with Crippen LogP contribution >= 0.6 is 24.0 Å². The van der Waals surface area contributed by atoms with Gasteiger partial charge in [0.05, 0.1) is 4.91 Å². The van der Waals surface area contributed by atoms with E-state index in [4.69, 9.17) is 12.2 Å². The fourth-order valence-electron chi connectivity index (χ4n) is 2.56. The van der Waals surface area contributed by atoms with Crippen LogP contribution in [0.4, 0.5) is 0 Å². The molecule has 2 aromatic rings. The Morgan fingerprint density at radius 3 is 2.31 bits per heavy atom. The Balaban J connectivity index is 1.85. The minimum absolute atomic E-state index is 0.241. The van der Waals surface area contributed by atoms with Crippen LogP contribution in [-0.4, -0.2) is 26.2 Å². The van der Waals surface area contributed by atoms with E-state index in [-0.39, 0.29) is 4.32 Å². The van der Waals surface area contributed by atoms with E-state index in [1.54, 1.807) is 42.5 Å². The minimum atomic E-state index is -1.13. The highest BCUT2D eigenvalue weighted by atomic mass is 32.2. The molecule has 1 amide bonds. The van der Waals surface area contributed by atoms with Gasteiger partial charge in [-0.05, 0) is 17.2 Å². The minimum Gasteiger partial charge on any atom is -0.479 e. The third-order valence-corrected chi connectivity index (χ3v) is 5.12. The zero-order valence-corrected chi connectivity index (χ0v) is 15.2. The van der Waals surface area contributed by atoms with E-state index < -0.39 is 17.9 Å². The van der Waals surface area contributed by atoms with Gasteiger partial charge in [-0.3, -0.25) is 9.69 Å². The summed E-state index contributed by atoms with van der Waals surface area (Å²) in [5, 5.41) is 9.64. The lowest BCUT2D eigenvalue weighted by atomic mass is 10.1. The summed E-state index contributed by atoms with van der Waals surface area (Å²) in [6.07, 6.45) is 5.30. The van der Waals surface area contributed by atoms with E-state index in [9.17, 15) is 14.7 Å². The molecule has 6 heteroatoms. The molecular formula is C20H15NO3S2. The molecule has 1 heterocycles. The molecule has 0 radical (unpaired) electrons. The monoisotopic (exact) mass is 381 g/mol. The molecule has 2 aromatic carbocycles. The predicted octanol–water partition coefficient (Wildman–Crippen LogP) is 4.27. The summed E-state index contributed by atoms with van der Waals surface area (Å²) >= 11 is 6.39. The van der Waals surface area contributed by atoms with Crippen LogP contribution in [0.15, 0.2) is 77.7 Å². The van der Waals surface area contributed by atoms with Crippen molar-refractivity contribution in [2.75, 3.05) is 0 Å². The molecule has 130 valence electrons. The number of hydrogen-bond acceptors (Lipinski definition) is 4. The number of carbonyl (C=O) groups excluding carboxylic acids is 1. The van der Waals surface area contributed by atoms with Gasteiger partial charge in [0.2, 0.25) is 0 Å². The number of aliphatic carboxylic acids is 1. The van der Waals surface area contributed by atoms with Gasteiger partial charge in [-0.15, -0.1) is 0 Å². The van der Waals surface area contributed by atoms with E-state index in [2.05, 4.69) is 0 Å². The molecule has 0 bridgehead atoms. The van der Waals surface area contributed by atoms with Crippen molar-refractivity contribution in [1.29, 1.82) is 0 Å². The topological polar surface area (TPSA) is 57.6 Å². The number of carbonyl (C=O) groups is 2. The van der Waals surface area contributed by atoms with Crippen molar-refractivity contribution in [3.63, 3.8) is 0 Å². The van der Waals surface area contributed by atoms with Gasteiger partial charge in [0, 0.05) is 0 Å². The van der Waals surface area contributed by atoms with Crippen molar-refractivity contribution < 1.29 is 14.7 Å². The zero-order valence-electron chi connectivity index (χ0n) is 13.6. The standard InChI is InChI=1S/C20H15NO3S2/c22-18-16(13-7-10-14-8-3-1-4-9-14)26-20(25)21(18)17(19(23)24)15-11-5-2-6-12-15/h1-13,17H,(H,23,24)/b10-7+,16-13+/t17-/m1/s1. The third kappa shape index (κ3) is 3.92. The lowest BCUT2D eigenvalue weighted by Crippen LogP contribution is -2.37. The fourth-order valence-corrected chi connectivity index (χ4v) is 3.83. The van der Waals surface area contributed by atoms with Gasteiger partial charge in [0.25, 0.3) is 5.91 Å². The fraction of sp³-hybridized carbons (Fsp3) is 0.0500. The molecule has 1 aliphatic heterocycles. The van der Waals surface area contributed by atoms with Gasteiger partial charge in [0.15, 0.2) is 6.04 Å². The number of benzene rings is 2. The molecule has 4 nitrogen and oxygen atoms in total. The van der Waals surface area contributed by atoms with Crippen LogP contribution in [0, 0.1) is 0 Å². The van der Waals surface area contributed by atoms with Gasteiger partial charge in [0.1, 0.15) is 4.32 Å². The zero-order chi connectivity index (χ0) is 18.5. The van der Waals surface area contributed by atoms with Crippen LogP contribution in [0.5, 0.6) is 0 Å². The van der Waals surface area contributed by atoms with Crippen molar-refractivity contribution in [3.8, 4) is 0 Å². The molecule has 1 fully saturated rings. The molecule has 1 saturated heterocycles. The van der Waals surface area contributed by atoms with E-state index >= 15 is 0 Å². The normalized spacial score (nSPS) is 17.2. The van der Waals surface area contributed by atoms with Crippen LogP contribution in [0.2, 0.25) is 0 Å². The van der Waals surface area contributed by atoms with E-state index in [1.807, 2.05) is 36.4 Å². The summed E-state index contributed by atoms with van der Waals surface area (Å²) < 4.78 is 0.241. The summed E-state index contributed by atoms with van der Waals surface area (Å²) in [7, 11) is 0. The number of carboxylic acids is 1. The molecule has 1 N–H and O–H groups in total. The first-order valence-corrected chi connectivity index (χ1v) is 9.07. The first-order chi connectivity index (χ1) is 12.6. The first-order valence-electron chi connectivity index (χ1n) is 7.84. The average molecular weight is 381 g/mol. The largest absolute Gasteiger partial charge is 0.479 e. The highest BCUT2D eigenvalue weighted by Gasteiger charge is 2.41. The Hall–Kier alpha value is -2.70. The SMILES string of the molecule is O=C(O)[C@@H](c1ccccc1)N1C(=O)/C(=C\C=C\c2ccccc2)SC1=S. The lowest BCUT2D eigenvalue weighted by Gasteiger charge is -2.23. The number of hydrogen-bond donors (Lipinski definition) is 1. The van der Waals surface area contributed by atoms with Gasteiger partial charge in [-0.25, -0.2) is 4.79 Å². The number of thioether (sulfide) groups is 1. The van der Waals surface area contributed by atoms with Gasteiger partial charge in [-0.2, -0.15) is 0 Å². The molecule has 0 aliphatic carbocycles. The summed E-state index contributed by atoms with van der Waals surface area (Å²) in [5.74, 6) is -1.51. The van der Waals surface area contributed by atoms with Crippen molar-refractivity contribution in [2.45, 2.75) is 6.04 Å². The Morgan fingerprint density at radius 1 is 1.08 bits per heavy atom. The number of rotatable bonds is 5. The third-order valence-electron chi connectivity index (χ3n) is 3.77. The Kier molecular flexibility index (Phi) is 5.65. The number of allylic oxidation sites excluding steroid dienone is 2. The summed E-state index contributed by atoms with van der Waals surface area (Å²) in [5.41, 5.74) is 1.52. The number of carboxylic acid groups (broad SMARTS) is 1. The smallest absolute Gasteiger partial charge is 0.331 e. The number of nitrogens with zero attached hydrogens (tertiary/aromatic N) is 1. The second-order valence-corrected chi connectivity index (χ2v) is 7.17. The predicted molar refractivity (Wildman–Crippen MR) is 107 cm³/mol. The average Bonchev–Trinajstić information content (AvgIpc) is 2.91. The maximum absolute atomic E-state index is 12.7. The molecule has 0 unspecified atom stereocenters. The summed E-state index contributed by atoms with van der Waals surface area (Å²) in [4.78, 5) is 26.1. The Bertz CT molecular complexity index is 892. The summed E-state index contributed by atoms with van der Waals surface area (Å²) in [6, 6.07) is 17.2. The van der Waals surface area contributed by atoms with Gasteiger partial charge >= 0.3 is 5.97 Å². The van der Waals surface area contributed by atoms with Crippen LogP contribution < -0.4 is 0 Å². The highest BCUT2D eigenvalue weighted by Crippen LogP contribution is 2.37. The Morgan fingerprint density at radius 2 is 1.69 bits per heavy atom. The maximum atomic E-state index is 12.7.